The molecule has 45 heavy (non-hydrogen) atoms. The lowest BCUT2D eigenvalue weighted by atomic mass is 9.93. The van der Waals surface area contributed by atoms with E-state index in [4.69, 9.17) is 42.4 Å². The fraction of sp³-hybridized carbons (Fsp3) is 0.265. The Labute approximate surface area is 275 Å². The summed E-state index contributed by atoms with van der Waals surface area (Å²) in [5, 5.41) is 0.944. The third-order valence-corrected chi connectivity index (χ3v) is 9.30. The normalized spacial score (nSPS) is 14.6. The lowest BCUT2D eigenvalue weighted by molar-refractivity contribution is -0.127. The second-order valence-electron chi connectivity index (χ2n) is 10.3. The number of ether oxygens (including phenoxy) is 3. The molecular formula is C34H33Cl2N3O5S. The minimum Gasteiger partial charge on any atom is -0.497 e. The summed E-state index contributed by atoms with van der Waals surface area (Å²) in [4.78, 5) is 35.1. The summed E-state index contributed by atoms with van der Waals surface area (Å²) in [7, 11) is 3.14. The van der Waals surface area contributed by atoms with Gasteiger partial charge in [-0.15, -0.1) is 0 Å². The van der Waals surface area contributed by atoms with Gasteiger partial charge in [0, 0.05) is 18.7 Å². The standard InChI is InChI=1S/C34H33Cl2N3O5S/c1-6-38(7-2)33(41)30-20(3)37-34-39(31(30)25-18-23(42-4)12-14-28(25)43-5)32(40)29(45-34)17-21-9-8-10-24(15-21)44-19-22-11-13-26(35)27(36)16-22/h8-18,31H,6-7,19H2,1-5H3/b29-17+/t31-/m1/s1. The third-order valence-electron chi connectivity index (χ3n) is 7.58. The van der Waals surface area contributed by atoms with Gasteiger partial charge in [-0.25, -0.2) is 4.99 Å². The smallest absolute Gasteiger partial charge is 0.271 e. The summed E-state index contributed by atoms with van der Waals surface area (Å²) in [5.74, 6) is 1.55. The van der Waals surface area contributed by atoms with E-state index in [0.29, 0.717) is 73.2 Å². The van der Waals surface area contributed by atoms with E-state index in [1.54, 1.807) is 54.0 Å². The number of hydrogen-bond donors (Lipinski definition) is 0. The second-order valence-corrected chi connectivity index (χ2v) is 12.1. The first-order valence-corrected chi connectivity index (χ1v) is 16.0. The van der Waals surface area contributed by atoms with Crippen LogP contribution in [0.15, 0.2) is 81.7 Å². The van der Waals surface area contributed by atoms with Gasteiger partial charge in [0.15, 0.2) is 4.80 Å². The fourth-order valence-corrected chi connectivity index (χ4v) is 6.63. The quantitative estimate of drug-likeness (QED) is 0.207. The number of allylic oxidation sites excluding steroid dienone is 1. The van der Waals surface area contributed by atoms with Crippen LogP contribution in [0.2, 0.25) is 10.0 Å². The first kappa shape index (κ1) is 32.3. The lowest BCUT2D eigenvalue weighted by Gasteiger charge is -2.30. The summed E-state index contributed by atoms with van der Waals surface area (Å²) < 4.78 is 19.3. The molecule has 0 radical (unpaired) electrons. The molecule has 0 aliphatic carbocycles. The van der Waals surface area contributed by atoms with Gasteiger partial charge in [-0.1, -0.05) is 52.7 Å². The highest BCUT2D eigenvalue weighted by molar-refractivity contribution is 7.07. The van der Waals surface area contributed by atoms with E-state index in [0.717, 1.165) is 11.1 Å². The zero-order chi connectivity index (χ0) is 32.2. The Morgan fingerprint density at radius 3 is 2.47 bits per heavy atom. The highest BCUT2D eigenvalue weighted by Gasteiger charge is 2.36. The summed E-state index contributed by atoms with van der Waals surface area (Å²) in [6, 6.07) is 17.4. The Hall–Kier alpha value is -4.05. The number of methoxy groups -OCH3 is 2. The van der Waals surface area contributed by atoms with E-state index < -0.39 is 6.04 Å². The molecule has 1 aromatic heterocycles. The van der Waals surface area contributed by atoms with Crippen molar-refractivity contribution in [2.75, 3.05) is 27.3 Å². The van der Waals surface area contributed by atoms with E-state index in [9.17, 15) is 9.59 Å². The number of hydrogen-bond acceptors (Lipinski definition) is 7. The SMILES string of the molecule is CCN(CC)C(=O)C1=C(C)N=c2s/c(=C/c3cccc(OCc4ccc(Cl)c(Cl)c4)c3)c(=O)n2[C@@H]1c1cc(OC)ccc1OC. The number of amides is 1. The van der Waals surface area contributed by atoms with Gasteiger partial charge in [0.05, 0.1) is 40.1 Å². The molecule has 0 N–H and O–H groups in total. The van der Waals surface area contributed by atoms with Crippen LogP contribution in [-0.4, -0.2) is 42.7 Å². The summed E-state index contributed by atoms with van der Waals surface area (Å²) >= 11 is 13.4. The fourth-order valence-electron chi connectivity index (χ4n) is 5.27. The Morgan fingerprint density at radius 1 is 1.00 bits per heavy atom. The largest absolute Gasteiger partial charge is 0.497 e. The van der Waals surface area contributed by atoms with E-state index in [2.05, 4.69) is 0 Å². The number of fused-ring (bicyclic) bond motifs is 1. The van der Waals surface area contributed by atoms with Crippen LogP contribution in [0.4, 0.5) is 0 Å². The first-order valence-electron chi connectivity index (χ1n) is 14.4. The van der Waals surface area contributed by atoms with Crippen LogP contribution in [0.1, 0.15) is 43.5 Å². The Balaban J connectivity index is 1.60. The van der Waals surface area contributed by atoms with Crippen LogP contribution in [0.25, 0.3) is 6.08 Å². The van der Waals surface area contributed by atoms with E-state index >= 15 is 0 Å². The predicted octanol–water partition coefficient (Wildman–Crippen LogP) is 6.01. The Bertz CT molecular complexity index is 1960. The van der Waals surface area contributed by atoms with Crippen LogP contribution in [0, 0.1) is 0 Å². The maximum absolute atomic E-state index is 14.2. The summed E-state index contributed by atoms with van der Waals surface area (Å²) in [6.07, 6.45) is 1.81. The molecule has 2 heterocycles. The molecule has 0 bridgehead atoms. The second kappa shape index (κ2) is 13.9. The van der Waals surface area contributed by atoms with Gasteiger partial charge in [0.2, 0.25) is 0 Å². The molecule has 0 spiro atoms. The topological polar surface area (TPSA) is 82.4 Å². The summed E-state index contributed by atoms with van der Waals surface area (Å²) in [6.45, 7) is 6.99. The number of likely N-dealkylation sites (N-methyl/N-ethyl adjacent to an activating group) is 1. The molecule has 234 valence electrons. The molecule has 8 nitrogen and oxygen atoms in total. The zero-order valence-electron chi connectivity index (χ0n) is 25.6. The van der Waals surface area contributed by atoms with Crippen LogP contribution in [-0.2, 0) is 11.4 Å². The number of nitrogens with zero attached hydrogens (tertiary/aromatic N) is 3. The molecule has 0 unspecified atom stereocenters. The average Bonchev–Trinajstić information content (AvgIpc) is 3.34. The molecule has 0 saturated heterocycles. The summed E-state index contributed by atoms with van der Waals surface area (Å²) in [5.41, 5.74) is 2.98. The van der Waals surface area contributed by atoms with Crippen molar-refractivity contribution in [3.05, 3.63) is 118 Å². The maximum Gasteiger partial charge on any atom is 0.271 e. The van der Waals surface area contributed by atoms with E-state index in [-0.39, 0.29) is 11.5 Å². The highest BCUT2D eigenvalue weighted by Crippen LogP contribution is 2.38. The number of rotatable bonds is 10. The van der Waals surface area contributed by atoms with Crippen LogP contribution >= 0.6 is 34.5 Å². The number of carbonyl (C=O) groups excluding carboxylic acids is 1. The monoisotopic (exact) mass is 665 g/mol. The predicted molar refractivity (Wildman–Crippen MR) is 178 cm³/mol. The van der Waals surface area contributed by atoms with Gasteiger partial charge in [-0.2, -0.15) is 0 Å². The van der Waals surface area contributed by atoms with Crippen molar-refractivity contribution >= 4 is 46.5 Å². The first-order chi connectivity index (χ1) is 21.7. The number of halogens is 2. The Morgan fingerprint density at radius 2 is 1.78 bits per heavy atom. The lowest BCUT2D eigenvalue weighted by Crippen LogP contribution is -2.43. The molecule has 3 aromatic carbocycles. The van der Waals surface area contributed by atoms with Crippen molar-refractivity contribution in [3.8, 4) is 17.2 Å². The van der Waals surface area contributed by atoms with Gasteiger partial charge in [0.25, 0.3) is 11.5 Å². The molecule has 5 rings (SSSR count). The molecular weight excluding hydrogens is 633 g/mol. The Kier molecular flexibility index (Phi) is 10.0. The number of carbonyl (C=O) groups is 1. The van der Waals surface area contributed by atoms with Crippen molar-refractivity contribution in [1.82, 2.24) is 9.47 Å². The van der Waals surface area contributed by atoms with Gasteiger partial charge < -0.3 is 19.1 Å². The molecule has 11 heteroatoms. The highest BCUT2D eigenvalue weighted by atomic mass is 35.5. The van der Waals surface area contributed by atoms with Crippen LogP contribution in [0.5, 0.6) is 17.2 Å². The van der Waals surface area contributed by atoms with Crippen LogP contribution < -0.4 is 29.1 Å². The minimum absolute atomic E-state index is 0.183. The van der Waals surface area contributed by atoms with Gasteiger partial charge in [0.1, 0.15) is 29.9 Å². The average molecular weight is 667 g/mol. The molecule has 1 aliphatic rings. The van der Waals surface area contributed by atoms with E-state index in [1.807, 2.05) is 57.2 Å². The minimum atomic E-state index is -0.776. The van der Waals surface area contributed by atoms with Gasteiger partial charge >= 0.3 is 0 Å². The third kappa shape index (κ3) is 6.66. The van der Waals surface area contributed by atoms with E-state index in [1.165, 1.54) is 11.3 Å². The number of thiazole rings is 1. The number of aromatic nitrogens is 1. The van der Waals surface area contributed by atoms with Crippen molar-refractivity contribution in [3.63, 3.8) is 0 Å². The molecule has 4 aromatic rings. The van der Waals surface area contributed by atoms with Crippen molar-refractivity contribution < 1.29 is 19.0 Å². The molecule has 1 aliphatic heterocycles. The van der Waals surface area contributed by atoms with Crippen molar-refractivity contribution in [2.45, 2.75) is 33.4 Å². The van der Waals surface area contributed by atoms with Gasteiger partial charge in [-0.05, 0) is 80.4 Å². The molecule has 1 atom stereocenters. The molecule has 0 fully saturated rings. The molecule has 1 amide bonds. The van der Waals surface area contributed by atoms with Gasteiger partial charge in [-0.3, -0.25) is 14.2 Å². The zero-order valence-corrected chi connectivity index (χ0v) is 27.9. The van der Waals surface area contributed by atoms with Crippen LogP contribution in [0.3, 0.4) is 0 Å². The van der Waals surface area contributed by atoms with Crippen molar-refractivity contribution in [1.29, 1.82) is 0 Å². The maximum atomic E-state index is 14.2. The van der Waals surface area contributed by atoms with Crippen molar-refractivity contribution in [2.24, 2.45) is 4.99 Å². The number of benzene rings is 3. The molecule has 0 saturated carbocycles.